The summed E-state index contributed by atoms with van der Waals surface area (Å²) in [6, 6.07) is 7.61. The van der Waals surface area contributed by atoms with Crippen molar-refractivity contribution in [2.45, 2.75) is 25.9 Å². The molecule has 0 saturated carbocycles. The van der Waals surface area contributed by atoms with Crippen molar-refractivity contribution < 1.29 is 9.90 Å². The quantitative estimate of drug-likeness (QED) is 0.821. The van der Waals surface area contributed by atoms with Crippen LogP contribution in [-0.4, -0.2) is 66.7 Å². The first kappa shape index (κ1) is 16.9. The van der Waals surface area contributed by atoms with E-state index in [1.165, 1.54) is 0 Å². The number of aliphatic hydroxyl groups excluding tert-OH is 1. The lowest BCUT2D eigenvalue weighted by Gasteiger charge is -2.32. The van der Waals surface area contributed by atoms with Gasteiger partial charge in [0.2, 0.25) is 0 Å². The van der Waals surface area contributed by atoms with Gasteiger partial charge < -0.3 is 15.3 Å². The Morgan fingerprint density at radius 1 is 1.32 bits per heavy atom. The number of nitrogens with one attached hydrogen (secondary N) is 1. The Morgan fingerprint density at radius 3 is 2.68 bits per heavy atom. The van der Waals surface area contributed by atoms with E-state index in [2.05, 4.69) is 28.2 Å². The molecule has 5 heteroatoms. The third-order valence-electron chi connectivity index (χ3n) is 4.24. The minimum absolute atomic E-state index is 0.0246. The second kappa shape index (κ2) is 8.27. The fourth-order valence-electron chi connectivity index (χ4n) is 2.62. The number of likely N-dealkylation sites (N-methyl/N-ethyl adjacent to an activating group) is 1. The van der Waals surface area contributed by atoms with Gasteiger partial charge >= 0.3 is 0 Å². The number of benzene rings is 1. The van der Waals surface area contributed by atoms with Crippen LogP contribution in [0, 0.1) is 0 Å². The number of hydrogen-bond donors (Lipinski definition) is 2. The molecule has 1 fully saturated rings. The van der Waals surface area contributed by atoms with Crippen molar-refractivity contribution in [1.29, 1.82) is 0 Å². The molecule has 2 N–H and O–H groups in total. The van der Waals surface area contributed by atoms with Gasteiger partial charge in [0, 0.05) is 38.3 Å². The van der Waals surface area contributed by atoms with Crippen LogP contribution in [0.2, 0.25) is 0 Å². The van der Waals surface area contributed by atoms with Crippen LogP contribution in [-0.2, 0) is 6.54 Å². The van der Waals surface area contributed by atoms with E-state index in [1.54, 1.807) is 0 Å². The van der Waals surface area contributed by atoms with Crippen LogP contribution in [0.25, 0.3) is 0 Å². The zero-order valence-corrected chi connectivity index (χ0v) is 13.6. The highest BCUT2D eigenvalue weighted by Crippen LogP contribution is 2.11. The van der Waals surface area contributed by atoms with Gasteiger partial charge in [0.15, 0.2) is 0 Å². The van der Waals surface area contributed by atoms with Crippen LogP contribution in [0.5, 0.6) is 0 Å². The summed E-state index contributed by atoms with van der Waals surface area (Å²) in [7, 11) is 2.15. The standard InChI is InChI=1S/C17H27N3O2/c1-3-16(13-21)18-17(22)15-6-4-5-14(11-15)12-20-9-7-19(2)8-10-20/h4-6,11,16,21H,3,7-10,12-13H2,1-2H3,(H,18,22). The third kappa shape index (κ3) is 4.80. The Labute approximate surface area is 132 Å². The first-order valence-electron chi connectivity index (χ1n) is 8.04. The zero-order valence-electron chi connectivity index (χ0n) is 13.6. The Kier molecular flexibility index (Phi) is 6.36. The number of amides is 1. The highest BCUT2D eigenvalue weighted by atomic mass is 16.3. The van der Waals surface area contributed by atoms with Crippen molar-refractivity contribution in [2.75, 3.05) is 39.8 Å². The molecule has 1 aliphatic rings. The molecule has 122 valence electrons. The first-order valence-corrected chi connectivity index (χ1v) is 8.04. The minimum Gasteiger partial charge on any atom is -0.394 e. The fourth-order valence-corrected chi connectivity index (χ4v) is 2.62. The lowest BCUT2D eigenvalue weighted by molar-refractivity contribution is 0.0914. The molecule has 0 radical (unpaired) electrons. The molecular formula is C17H27N3O2. The van der Waals surface area contributed by atoms with E-state index in [-0.39, 0.29) is 18.6 Å². The van der Waals surface area contributed by atoms with Gasteiger partial charge in [0.05, 0.1) is 12.6 Å². The molecule has 22 heavy (non-hydrogen) atoms. The second-order valence-electron chi connectivity index (χ2n) is 6.04. The smallest absolute Gasteiger partial charge is 0.251 e. The van der Waals surface area contributed by atoms with Crippen molar-refractivity contribution in [3.05, 3.63) is 35.4 Å². The van der Waals surface area contributed by atoms with E-state index < -0.39 is 0 Å². The van der Waals surface area contributed by atoms with Crippen LogP contribution in [0.3, 0.4) is 0 Å². The molecule has 1 amide bonds. The highest BCUT2D eigenvalue weighted by molar-refractivity contribution is 5.94. The number of carbonyl (C=O) groups excluding carboxylic acids is 1. The van der Waals surface area contributed by atoms with Gasteiger partial charge in [-0.3, -0.25) is 9.69 Å². The molecule has 2 rings (SSSR count). The molecule has 5 nitrogen and oxygen atoms in total. The summed E-state index contributed by atoms with van der Waals surface area (Å²) < 4.78 is 0. The Hall–Kier alpha value is -1.43. The van der Waals surface area contributed by atoms with E-state index in [9.17, 15) is 9.90 Å². The Balaban J connectivity index is 1.96. The SMILES string of the molecule is CCC(CO)NC(=O)c1cccc(CN2CCN(C)CC2)c1. The minimum atomic E-state index is -0.172. The molecule has 1 aliphatic heterocycles. The van der Waals surface area contributed by atoms with E-state index in [1.807, 2.05) is 25.1 Å². The van der Waals surface area contributed by atoms with Crippen LogP contribution in [0.1, 0.15) is 29.3 Å². The Morgan fingerprint density at radius 2 is 2.05 bits per heavy atom. The molecule has 0 bridgehead atoms. The van der Waals surface area contributed by atoms with Gasteiger partial charge in [0.25, 0.3) is 5.91 Å². The van der Waals surface area contributed by atoms with Gasteiger partial charge in [-0.1, -0.05) is 19.1 Å². The lowest BCUT2D eigenvalue weighted by atomic mass is 10.1. The van der Waals surface area contributed by atoms with Gasteiger partial charge in [-0.25, -0.2) is 0 Å². The van der Waals surface area contributed by atoms with Crippen LogP contribution in [0.4, 0.5) is 0 Å². The number of hydrogen-bond acceptors (Lipinski definition) is 4. The highest BCUT2D eigenvalue weighted by Gasteiger charge is 2.15. The molecule has 1 aromatic rings. The first-order chi connectivity index (χ1) is 10.6. The predicted molar refractivity (Wildman–Crippen MR) is 87.8 cm³/mol. The maximum Gasteiger partial charge on any atom is 0.251 e. The molecule has 0 spiro atoms. The number of piperazine rings is 1. The van der Waals surface area contributed by atoms with Crippen LogP contribution < -0.4 is 5.32 Å². The van der Waals surface area contributed by atoms with Crippen molar-refractivity contribution in [3.8, 4) is 0 Å². The number of nitrogens with zero attached hydrogens (tertiary/aromatic N) is 2. The van der Waals surface area contributed by atoms with Crippen molar-refractivity contribution in [1.82, 2.24) is 15.1 Å². The topological polar surface area (TPSA) is 55.8 Å². The summed E-state index contributed by atoms with van der Waals surface area (Å²) in [6.07, 6.45) is 0.725. The van der Waals surface area contributed by atoms with Gasteiger partial charge in [-0.2, -0.15) is 0 Å². The number of aliphatic hydroxyl groups is 1. The van der Waals surface area contributed by atoms with Crippen molar-refractivity contribution in [3.63, 3.8) is 0 Å². The molecule has 1 unspecified atom stereocenters. The molecule has 1 heterocycles. The second-order valence-corrected chi connectivity index (χ2v) is 6.04. The summed E-state index contributed by atoms with van der Waals surface area (Å²) in [5.74, 6) is -0.110. The van der Waals surface area contributed by atoms with E-state index in [0.717, 1.165) is 44.7 Å². The molecule has 1 aromatic carbocycles. The van der Waals surface area contributed by atoms with E-state index in [4.69, 9.17) is 0 Å². The number of carbonyl (C=O) groups is 1. The monoisotopic (exact) mass is 305 g/mol. The average molecular weight is 305 g/mol. The molecule has 1 atom stereocenters. The van der Waals surface area contributed by atoms with Gasteiger partial charge in [0.1, 0.15) is 0 Å². The summed E-state index contributed by atoms with van der Waals surface area (Å²) in [4.78, 5) is 17.0. The zero-order chi connectivity index (χ0) is 15.9. The predicted octanol–water partition coefficient (Wildman–Crippen LogP) is 0.935. The summed E-state index contributed by atoms with van der Waals surface area (Å²) >= 11 is 0. The normalized spacial score (nSPS) is 18.1. The van der Waals surface area contributed by atoms with Crippen LogP contribution >= 0.6 is 0 Å². The maximum atomic E-state index is 12.2. The van der Waals surface area contributed by atoms with E-state index in [0.29, 0.717) is 5.56 Å². The summed E-state index contributed by atoms with van der Waals surface area (Å²) in [6.45, 7) is 7.12. The van der Waals surface area contributed by atoms with Gasteiger partial charge in [-0.15, -0.1) is 0 Å². The summed E-state index contributed by atoms with van der Waals surface area (Å²) in [5, 5.41) is 12.0. The fraction of sp³-hybridized carbons (Fsp3) is 0.588. The molecule has 0 aromatic heterocycles. The van der Waals surface area contributed by atoms with Crippen molar-refractivity contribution in [2.24, 2.45) is 0 Å². The van der Waals surface area contributed by atoms with Crippen LogP contribution in [0.15, 0.2) is 24.3 Å². The molecule has 0 aliphatic carbocycles. The molecular weight excluding hydrogens is 278 g/mol. The maximum absolute atomic E-state index is 12.2. The third-order valence-corrected chi connectivity index (χ3v) is 4.24. The lowest BCUT2D eigenvalue weighted by Crippen LogP contribution is -2.43. The summed E-state index contributed by atoms with van der Waals surface area (Å²) in [5.41, 5.74) is 1.83. The number of rotatable bonds is 6. The molecule has 1 saturated heterocycles. The average Bonchev–Trinajstić information content (AvgIpc) is 2.55. The van der Waals surface area contributed by atoms with Crippen molar-refractivity contribution >= 4 is 5.91 Å². The van der Waals surface area contributed by atoms with Gasteiger partial charge in [-0.05, 0) is 31.2 Å². The largest absolute Gasteiger partial charge is 0.394 e. The van der Waals surface area contributed by atoms with E-state index >= 15 is 0 Å². The Bertz CT molecular complexity index is 481.